The van der Waals surface area contributed by atoms with Crippen molar-refractivity contribution in [3.8, 4) is 0 Å². The Labute approximate surface area is 126 Å². The number of hydrogen-bond donors (Lipinski definition) is 1. The van der Waals surface area contributed by atoms with Crippen molar-refractivity contribution in [2.45, 2.75) is 26.7 Å². The van der Waals surface area contributed by atoms with Crippen LogP contribution in [0.15, 0.2) is 48.5 Å². The molecule has 0 bridgehead atoms. The quantitative estimate of drug-likeness (QED) is 0.852. The van der Waals surface area contributed by atoms with Gasteiger partial charge in [0.2, 0.25) is 5.91 Å². The molecule has 2 rings (SSSR count). The largest absolute Gasteiger partial charge is 0.399 e. The van der Waals surface area contributed by atoms with Crippen molar-refractivity contribution in [1.82, 2.24) is 0 Å². The summed E-state index contributed by atoms with van der Waals surface area (Å²) in [7, 11) is 0. The normalized spacial score (nSPS) is 10.4. The van der Waals surface area contributed by atoms with Crippen LogP contribution in [0, 0.1) is 6.92 Å². The topological polar surface area (TPSA) is 46.3 Å². The summed E-state index contributed by atoms with van der Waals surface area (Å²) in [5.74, 6) is 0.131. The van der Waals surface area contributed by atoms with Gasteiger partial charge in [-0.25, -0.2) is 0 Å². The molecule has 0 aliphatic rings. The average Bonchev–Trinajstić information content (AvgIpc) is 2.47. The Bertz CT molecular complexity index is 622. The molecule has 0 aliphatic heterocycles. The number of nitrogens with two attached hydrogens (primary N) is 1. The second-order valence-electron chi connectivity index (χ2n) is 5.16. The minimum atomic E-state index is 0.131. The summed E-state index contributed by atoms with van der Waals surface area (Å²) in [4.78, 5) is 14.2. The highest BCUT2D eigenvalue weighted by Crippen LogP contribution is 2.19. The fourth-order valence-corrected chi connectivity index (χ4v) is 2.46. The summed E-state index contributed by atoms with van der Waals surface area (Å²) < 4.78 is 0. The molecule has 3 heteroatoms. The lowest BCUT2D eigenvalue weighted by molar-refractivity contribution is -0.118. The van der Waals surface area contributed by atoms with Crippen LogP contribution in [-0.4, -0.2) is 12.5 Å². The van der Waals surface area contributed by atoms with Crippen LogP contribution in [0.1, 0.15) is 24.5 Å². The third-order valence-electron chi connectivity index (χ3n) is 3.67. The fraction of sp³-hybridized carbons (Fsp3) is 0.278. The predicted octanol–water partition coefficient (Wildman–Crippen LogP) is 3.56. The molecule has 1 amide bonds. The number of nitrogen functional groups attached to an aromatic ring is 1. The van der Waals surface area contributed by atoms with Gasteiger partial charge in [-0.3, -0.25) is 4.79 Å². The summed E-state index contributed by atoms with van der Waals surface area (Å²) >= 11 is 0. The van der Waals surface area contributed by atoms with Crippen LogP contribution in [-0.2, 0) is 11.2 Å². The molecule has 0 heterocycles. The van der Waals surface area contributed by atoms with Crippen LogP contribution >= 0.6 is 0 Å². The van der Waals surface area contributed by atoms with Gasteiger partial charge in [0, 0.05) is 24.3 Å². The van der Waals surface area contributed by atoms with E-state index < -0.39 is 0 Å². The molecule has 3 nitrogen and oxygen atoms in total. The molecule has 0 aliphatic carbocycles. The standard InChI is InChI=1S/C18H22N2O/c1-3-20(17-10-6-9-16(19)13-17)18(21)12-11-15-8-5-4-7-14(15)2/h4-10,13H,3,11-12,19H2,1-2H3. The SMILES string of the molecule is CCN(C(=O)CCc1ccccc1C)c1cccc(N)c1. The first-order valence-electron chi connectivity index (χ1n) is 7.32. The van der Waals surface area contributed by atoms with E-state index >= 15 is 0 Å². The Hall–Kier alpha value is -2.29. The van der Waals surface area contributed by atoms with Gasteiger partial charge < -0.3 is 10.6 Å². The van der Waals surface area contributed by atoms with Crippen LogP contribution in [0.4, 0.5) is 11.4 Å². The summed E-state index contributed by atoms with van der Waals surface area (Å²) in [6, 6.07) is 15.7. The van der Waals surface area contributed by atoms with Crippen molar-refractivity contribution in [2.24, 2.45) is 0 Å². The van der Waals surface area contributed by atoms with E-state index in [1.807, 2.05) is 43.3 Å². The predicted molar refractivity (Wildman–Crippen MR) is 88.4 cm³/mol. The van der Waals surface area contributed by atoms with Crippen molar-refractivity contribution < 1.29 is 4.79 Å². The molecule has 0 atom stereocenters. The van der Waals surface area contributed by atoms with Gasteiger partial charge in [-0.05, 0) is 49.6 Å². The van der Waals surface area contributed by atoms with Gasteiger partial charge in [0.25, 0.3) is 0 Å². The van der Waals surface area contributed by atoms with Gasteiger partial charge in [-0.1, -0.05) is 30.3 Å². The Kier molecular flexibility index (Phi) is 4.99. The van der Waals surface area contributed by atoms with Gasteiger partial charge in [-0.15, -0.1) is 0 Å². The number of hydrogen-bond acceptors (Lipinski definition) is 2. The van der Waals surface area contributed by atoms with Crippen molar-refractivity contribution in [2.75, 3.05) is 17.2 Å². The molecule has 0 aromatic heterocycles. The molecule has 2 aromatic rings. The van der Waals surface area contributed by atoms with Crippen molar-refractivity contribution in [3.63, 3.8) is 0 Å². The maximum atomic E-state index is 12.5. The van der Waals surface area contributed by atoms with Crippen molar-refractivity contribution >= 4 is 17.3 Å². The molecule has 0 saturated heterocycles. The molecule has 0 spiro atoms. The first-order chi connectivity index (χ1) is 10.1. The Balaban J connectivity index is 2.06. The summed E-state index contributed by atoms with van der Waals surface area (Å²) in [6.45, 7) is 4.71. The number of rotatable bonds is 5. The van der Waals surface area contributed by atoms with Crippen molar-refractivity contribution in [3.05, 3.63) is 59.7 Å². The van der Waals surface area contributed by atoms with Gasteiger partial charge in [0.05, 0.1) is 0 Å². The minimum absolute atomic E-state index is 0.131. The van der Waals surface area contributed by atoms with Gasteiger partial charge in [-0.2, -0.15) is 0 Å². The number of aryl methyl sites for hydroxylation is 2. The maximum Gasteiger partial charge on any atom is 0.227 e. The Morgan fingerprint density at radius 1 is 1.14 bits per heavy atom. The molecule has 21 heavy (non-hydrogen) atoms. The van der Waals surface area contributed by atoms with E-state index in [4.69, 9.17) is 5.73 Å². The molecule has 0 unspecified atom stereocenters. The van der Waals surface area contributed by atoms with Crippen LogP contribution in [0.5, 0.6) is 0 Å². The summed E-state index contributed by atoms with van der Waals surface area (Å²) in [5, 5.41) is 0. The monoisotopic (exact) mass is 282 g/mol. The number of benzene rings is 2. The van der Waals surface area contributed by atoms with E-state index in [2.05, 4.69) is 19.1 Å². The zero-order valence-electron chi connectivity index (χ0n) is 12.7. The number of anilines is 2. The molecule has 0 saturated carbocycles. The lowest BCUT2D eigenvalue weighted by Gasteiger charge is -2.21. The zero-order valence-corrected chi connectivity index (χ0v) is 12.7. The zero-order chi connectivity index (χ0) is 15.2. The van der Waals surface area contributed by atoms with E-state index in [1.54, 1.807) is 4.90 Å². The van der Waals surface area contributed by atoms with E-state index in [9.17, 15) is 4.79 Å². The molecule has 2 aromatic carbocycles. The smallest absolute Gasteiger partial charge is 0.227 e. The third-order valence-corrected chi connectivity index (χ3v) is 3.67. The highest BCUT2D eigenvalue weighted by molar-refractivity contribution is 5.93. The van der Waals surface area contributed by atoms with Gasteiger partial charge in [0.1, 0.15) is 0 Å². The van der Waals surface area contributed by atoms with E-state index in [0.717, 1.165) is 12.1 Å². The third kappa shape index (κ3) is 3.85. The van der Waals surface area contributed by atoms with Crippen LogP contribution in [0.25, 0.3) is 0 Å². The number of carbonyl (C=O) groups excluding carboxylic acids is 1. The summed E-state index contributed by atoms with van der Waals surface area (Å²) in [5.41, 5.74) is 9.81. The fourth-order valence-electron chi connectivity index (χ4n) is 2.46. The second kappa shape index (κ2) is 6.93. The van der Waals surface area contributed by atoms with Crippen LogP contribution in [0.3, 0.4) is 0 Å². The number of nitrogens with zero attached hydrogens (tertiary/aromatic N) is 1. The molecular formula is C18H22N2O. The first kappa shape index (κ1) is 15.1. The molecule has 0 radical (unpaired) electrons. The maximum absolute atomic E-state index is 12.5. The molecular weight excluding hydrogens is 260 g/mol. The highest BCUT2D eigenvalue weighted by atomic mass is 16.2. The average molecular weight is 282 g/mol. The highest BCUT2D eigenvalue weighted by Gasteiger charge is 2.14. The summed E-state index contributed by atoms with van der Waals surface area (Å²) in [6.07, 6.45) is 1.28. The Morgan fingerprint density at radius 2 is 1.90 bits per heavy atom. The van der Waals surface area contributed by atoms with Gasteiger partial charge in [0.15, 0.2) is 0 Å². The van der Waals surface area contributed by atoms with Crippen LogP contribution < -0.4 is 10.6 Å². The first-order valence-corrected chi connectivity index (χ1v) is 7.32. The number of amides is 1. The Morgan fingerprint density at radius 3 is 2.57 bits per heavy atom. The van der Waals surface area contributed by atoms with E-state index in [-0.39, 0.29) is 5.91 Å². The van der Waals surface area contributed by atoms with Crippen molar-refractivity contribution in [1.29, 1.82) is 0 Å². The van der Waals surface area contributed by atoms with Crippen LogP contribution in [0.2, 0.25) is 0 Å². The lowest BCUT2D eigenvalue weighted by Crippen LogP contribution is -2.30. The molecule has 110 valence electrons. The van der Waals surface area contributed by atoms with E-state index in [0.29, 0.717) is 18.7 Å². The lowest BCUT2D eigenvalue weighted by atomic mass is 10.0. The number of carbonyl (C=O) groups is 1. The molecule has 2 N–H and O–H groups in total. The minimum Gasteiger partial charge on any atom is -0.399 e. The second-order valence-corrected chi connectivity index (χ2v) is 5.16. The molecule has 0 fully saturated rings. The van der Waals surface area contributed by atoms with Gasteiger partial charge >= 0.3 is 0 Å². The van der Waals surface area contributed by atoms with E-state index in [1.165, 1.54) is 11.1 Å².